The standard InChI is InChI=1S/C12H18ClN3O3/c1-8(2)12-15-9(13)6-11(18)16(12)7-10(17)14-4-5-19-3/h6,8H,4-5,7H2,1-3H3,(H,14,17). The summed E-state index contributed by atoms with van der Waals surface area (Å²) >= 11 is 5.76. The van der Waals surface area contributed by atoms with E-state index < -0.39 is 0 Å². The molecule has 7 heteroatoms. The Morgan fingerprint density at radius 2 is 2.26 bits per heavy atom. The van der Waals surface area contributed by atoms with E-state index >= 15 is 0 Å². The van der Waals surface area contributed by atoms with Crippen LogP contribution in [-0.2, 0) is 16.1 Å². The zero-order valence-corrected chi connectivity index (χ0v) is 12.0. The van der Waals surface area contributed by atoms with E-state index in [1.54, 1.807) is 7.11 Å². The number of hydrogen-bond donors (Lipinski definition) is 1. The van der Waals surface area contributed by atoms with Crippen molar-refractivity contribution in [1.82, 2.24) is 14.9 Å². The van der Waals surface area contributed by atoms with Crippen molar-refractivity contribution in [3.8, 4) is 0 Å². The van der Waals surface area contributed by atoms with Crippen LogP contribution in [-0.4, -0.2) is 35.7 Å². The molecule has 0 aliphatic heterocycles. The van der Waals surface area contributed by atoms with Gasteiger partial charge < -0.3 is 10.1 Å². The summed E-state index contributed by atoms with van der Waals surface area (Å²) < 4.78 is 6.16. The number of halogens is 1. The Morgan fingerprint density at radius 1 is 1.58 bits per heavy atom. The smallest absolute Gasteiger partial charge is 0.255 e. The number of nitrogens with zero attached hydrogens (tertiary/aromatic N) is 2. The lowest BCUT2D eigenvalue weighted by atomic mass is 10.2. The molecule has 1 amide bonds. The molecule has 0 bridgehead atoms. The fourth-order valence-corrected chi connectivity index (χ4v) is 1.77. The van der Waals surface area contributed by atoms with Crippen LogP contribution in [0.25, 0.3) is 0 Å². The van der Waals surface area contributed by atoms with E-state index in [0.717, 1.165) is 0 Å². The van der Waals surface area contributed by atoms with E-state index in [1.807, 2.05) is 13.8 Å². The van der Waals surface area contributed by atoms with Crippen LogP contribution in [0.2, 0.25) is 5.15 Å². The van der Waals surface area contributed by atoms with Crippen LogP contribution in [0, 0.1) is 0 Å². The maximum Gasteiger partial charge on any atom is 0.255 e. The number of amides is 1. The molecule has 1 N–H and O–H groups in total. The molecule has 0 atom stereocenters. The van der Waals surface area contributed by atoms with Crippen LogP contribution < -0.4 is 10.9 Å². The molecule has 0 spiro atoms. The summed E-state index contributed by atoms with van der Waals surface area (Å²) in [5.74, 6) is 0.239. The molecular formula is C12H18ClN3O3. The monoisotopic (exact) mass is 287 g/mol. The van der Waals surface area contributed by atoms with Crippen molar-refractivity contribution in [1.29, 1.82) is 0 Å². The van der Waals surface area contributed by atoms with Gasteiger partial charge in [0, 0.05) is 25.6 Å². The first-order valence-electron chi connectivity index (χ1n) is 5.98. The van der Waals surface area contributed by atoms with E-state index in [1.165, 1.54) is 10.6 Å². The molecule has 0 saturated heterocycles. The number of ether oxygens (including phenoxy) is 1. The van der Waals surface area contributed by atoms with Crippen molar-refractivity contribution >= 4 is 17.5 Å². The van der Waals surface area contributed by atoms with Crippen LogP contribution in [0.4, 0.5) is 0 Å². The summed E-state index contributed by atoms with van der Waals surface area (Å²) in [6.07, 6.45) is 0. The minimum Gasteiger partial charge on any atom is -0.383 e. The summed E-state index contributed by atoms with van der Waals surface area (Å²) in [6.45, 7) is 4.54. The van der Waals surface area contributed by atoms with Crippen molar-refractivity contribution in [2.75, 3.05) is 20.3 Å². The van der Waals surface area contributed by atoms with Crippen molar-refractivity contribution < 1.29 is 9.53 Å². The molecule has 0 saturated carbocycles. The predicted octanol–water partition coefficient (Wildman–Crippen LogP) is 0.783. The average molecular weight is 288 g/mol. The first kappa shape index (κ1) is 15.7. The Labute approximate surface area is 116 Å². The summed E-state index contributed by atoms with van der Waals surface area (Å²) in [6, 6.07) is 1.20. The summed E-state index contributed by atoms with van der Waals surface area (Å²) in [5, 5.41) is 2.80. The zero-order chi connectivity index (χ0) is 14.4. The van der Waals surface area contributed by atoms with Gasteiger partial charge in [0.15, 0.2) is 0 Å². The Kier molecular flexibility index (Phi) is 5.98. The van der Waals surface area contributed by atoms with Gasteiger partial charge in [-0.25, -0.2) is 4.98 Å². The number of carbonyl (C=O) groups excluding carboxylic acids is 1. The topological polar surface area (TPSA) is 73.2 Å². The molecule has 1 rings (SSSR count). The van der Waals surface area contributed by atoms with Crippen molar-refractivity contribution in [3.05, 3.63) is 27.4 Å². The average Bonchev–Trinajstić information content (AvgIpc) is 2.32. The molecule has 0 fully saturated rings. The third-order valence-electron chi connectivity index (χ3n) is 2.45. The van der Waals surface area contributed by atoms with Crippen molar-refractivity contribution in [3.63, 3.8) is 0 Å². The molecule has 106 valence electrons. The van der Waals surface area contributed by atoms with E-state index in [4.69, 9.17) is 16.3 Å². The number of rotatable bonds is 6. The highest BCUT2D eigenvalue weighted by molar-refractivity contribution is 6.29. The van der Waals surface area contributed by atoms with Crippen LogP contribution in [0.15, 0.2) is 10.9 Å². The molecule has 0 unspecified atom stereocenters. The normalized spacial score (nSPS) is 10.8. The van der Waals surface area contributed by atoms with Gasteiger partial charge in [0.25, 0.3) is 5.56 Å². The van der Waals surface area contributed by atoms with Crippen LogP contribution in [0.5, 0.6) is 0 Å². The van der Waals surface area contributed by atoms with Crippen molar-refractivity contribution in [2.45, 2.75) is 26.3 Å². The number of carbonyl (C=O) groups is 1. The van der Waals surface area contributed by atoms with E-state index in [0.29, 0.717) is 19.0 Å². The quantitative estimate of drug-likeness (QED) is 0.620. The highest BCUT2D eigenvalue weighted by Gasteiger charge is 2.14. The highest BCUT2D eigenvalue weighted by Crippen LogP contribution is 2.12. The maximum atomic E-state index is 11.9. The minimum absolute atomic E-state index is 0.00169. The van der Waals surface area contributed by atoms with Gasteiger partial charge in [-0.3, -0.25) is 14.2 Å². The van der Waals surface area contributed by atoms with Crippen LogP contribution >= 0.6 is 11.6 Å². The Bertz CT molecular complexity index is 499. The second kappa shape index (κ2) is 7.25. The molecule has 6 nitrogen and oxygen atoms in total. The minimum atomic E-state index is -0.328. The molecule has 1 aromatic heterocycles. The highest BCUT2D eigenvalue weighted by atomic mass is 35.5. The number of methoxy groups -OCH3 is 1. The van der Waals surface area contributed by atoms with Gasteiger partial charge in [-0.05, 0) is 0 Å². The van der Waals surface area contributed by atoms with Gasteiger partial charge in [0.05, 0.1) is 6.61 Å². The number of hydrogen-bond acceptors (Lipinski definition) is 4. The van der Waals surface area contributed by atoms with Crippen LogP contribution in [0.3, 0.4) is 0 Å². The zero-order valence-electron chi connectivity index (χ0n) is 11.3. The molecule has 0 radical (unpaired) electrons. The Hall–Kier alpha value is -1.40. The summed E-state index contributed by atoms with van der Waals surface area (Å²) in [7, 11) is 1.55. The first-order valence-corrected chi connectivity index (χ1v) is 6.36. The van der Waals surface area contributed by atoms with Gasteiger partial charge in [-0.1, -0.05) is 25.4 Å². The Morgan fingerprint density at radius 3 is 2.84 bits per heavy atom. The van der Waals surface area contributed by atoms with E-state index in [9.17, 15) is 9.59 Å². The van der Waals surface area contributed by atoms with Gasteiger partial charge >= 0.3 is 0 Å². The van der Waals surface area contributed by atoms with E-state index in [2.05, 4.69) is 10.3 Å². The molecular weight excluding hydrogens is 270 g/mol. The van der Waals surface area contributed by atoms with Gasteiger partial charge in [0.2, 0.25) is 5.91 Å². The molecule has 0 aliphatic rings. The third kappa shape index (κ3) is 4.65. The molecule has 19 heavy (non-hydrogen) atoms. The maximum absolute atomic E-state index is 11.9. The summed E-state index contributed by atoms with van der Waals surface area (Å²) in [4.78, 5) is 27.7. The second-order valence-corrected chi connectivity index (χ2v) is 4.75. The third-order valence-corrected chi connectivity index (χ3v) is 2.65. The lowest BCUT2D eigenvalue weighted by Gasteiger charge is -2.14. The van der Waals surface area contributed by atoms with Gasteiger partial charge in [0.1, 0.15) is 17.5 Å². The largest absolute Gasteiger partial charge is 0.383 e. The predicted molar refractivity (Wildman–Crippen MR) is 72.5 cm³/mol. The lowest BCUT2D eigenvalue weighted by molar-refractivity contribution is -0.121. The molecule has 0 aliphatic carbocycles. The van der Waals surface area contributed by atoms with Crippen LogP contribution in [0.1, 0.15) is 25.6 Å². The van der Waals surface area contributed by atoms with Gasteiger partial charge in [-0.2, -0.15) is 0 Å². The van der Waals surface area contributed by atoms with E-state index in [-0.39, 0.29) is 29.1 Å². The lowest BCUT2D eigenvalue weighted by Crippen LogP contribution is -2.35. The Balaban J connectivity index is 2.88. The molecule has 1 aromatic rings. The molecule has 0 aromatic carbocycles. The number of aromatic nitrogens is 2. The first-order chi connectivity index (χ1) is 8.95. The SMILES string of the molecule is COCCNC(=O)Cn1c(C(C)C)nc(Cl)cc1=O. The van der Waals surface area contributed by atoms with Gasteiger partial charge in [-0.15, -0.1) is 0 Å². The van der Waals surface area contributed by atoms with Crippen molar-refractivity contribution in [2.24, 2.45) is 0 Å². The fraction of sp³-hybridized carbons (Fsp3) is 0.583. The number of nitrogens with one attached hydrogen (secondary N) is 1. The summed E-state index contributed by atoms with van der Waals surface area (Å²) in [5.41, 5.74) is -0.328. The second-order valence-electron chi connectivity index (χ2n) is 4.36. The molecule has 1 heterocycles. The fourth-order valence-electron chi connectivity index (χ4n) is 1.59.